The Kier molecular flexibility index (Phi) is 5.96. The van der Waals surface area contributed by atoms with Crippen LogP contribution in [-0.4, -0.2) is 54.6 Å². The number of amides is 1. The van der Waals surface area contributed by atoms with Crippen LogP contribution in [0.1, 0.15) is 50.3 Å². The van der Waals surface area contributed by atoms with E-state index >= 15 is 0 Å². The monoisotopic (exact) mass is 349 g/mol. The van der Waals surface area contributed by atoms with Gasteiger partial charge in [0.05, 0.1) is 24.9 Å². The molecule has 2 N–H and O–H groups in total. The third-order valence-corrected chi connectivity index (χ3v) is 5.06. The number of nitrogens with one attached hydrogen (secondary N) is 2. The van der Waals surface area contributed by atoms with Crippen LogP contribution in [0.15, 0.2) is 0 Å². The second-order valence-corrected chi connectivity index (χ2v) is 7.29. The van der Waals surface area contributed by atoms with Crippen molar-refractivity contribution in [1.29, 1.82) is 0 Å². The summed E-state index contributed by atoms with van der Waals surface area (Å²) in [6.07, 6.45) is 3.04. The van der Waals surface area contributed by atoms with Gasteiger partial charge < -0.3 is 20.3 Å². The lowest BCUT2D eigenvalue weighted by Gasteiger charge is -2.30. The average Bonchev–Trinajstić information content (AvgIpc) is 2.80. The van der Waals surface area contributed by atoms with Gasteiger partial charge in [-0.3, -0.25) is 9.48 Å². The molecule has 25 heavy (non-hydrogen) atoms. The largest absolute Gasteiger partial charge is 0.378 e. The fourth-order valence-electron chi connectivity index (χ4n) is 3.74. The highest BCUT2D eigenvalue weighted by molar-refractivity contribution is 5.81. The molecule has 0 aromatic carbocycles. The zero-order chi connectivity index (χ0) is 17.8. The second kappa shape index (κ2) is 8.19. The molecule has 1 atom stereocenters. The highest BCUT2D eigenvalue weighted by Crippen LogP contribution is 2.29. The minimum absolute atomic E-state index is 0.111. The van der Waals surface area contributed by atoms with Gasteiger partial charge in [-0.2, -0.15) is 5.10 Å². The predicted molar refractivity (Wildman–Crippen MR) is 97.8 cm³/mol. The number of carbonyl (C=O) groups excluding carboxylic acids is 1. The van der Waals surface area contributed by atoms with E-state index in [1.165, 1.54) is 5.56 Å². The standard InChI is InChI=1S/C18H31N5O2/c1-13(2)16-14(12-20-15-6-4-5-7-19-17(15)24)18(22(3)21-16)23-8-10-25-11-9-23/h13,15,20H,4-12H2,1-3H3,(H,19,24)/t15-/m0/s1. The number of rotatable bonds is 5. The van der Waals surface area contributed by atoms with Gasteiger partial charge in [0.15, 0.2) is 0 Å². The van der Waals surface area contributed by atoms with Crippen LogP contribution in [0, 0.1) is 0 Å². The normalized spacial score (nSPS) is 22.2. The maximum Gasteiger partial charge on any atom is 0.237 e. The van der Waals surface area contributed by atoms with Crippen molar-refractivity contribution in [2.75, 3.05) is 37.7 Å². The zero-order valence-corrected chi connectivity index (χ0v) is 15.7. The lowest BCUT2D eigenvalue weighted by Crippen LogP contribution is -2.43. The minimum atomic E-state index is -0.111. The molecule has 3 rings (SSSR count). The summed E-state index contributed by atoms with van der Waals surface area (Å²) in [5, 5.41) is 11.3. The second-order valence-electron chi connectivity index (χ2n) is 7.29. The minimum Gasteiger partial charge on any atom is -0.378 e. The van der Waals surface area contributed by atoms with Gasteiger partial charge >= 0.3 is 0 Å². The van der Waals surface area contributed by atoms with Crippen molar-refractivity contribution in [3.8, 4) is 0 Å². The molecular formula is C18H31N5O2. The van der Waals surface area contributed by atoms with Gasteiger partial charge in [0, 0.05) is 38.8 Å². The van der Waals surface area contributed by atoms with Crippen molar-refractivity contribution in [2.45, 2.75) is 51.6 Å². The molecule has 0 saturated carbocycles. The number of nitrogens with zero attached hydrogens (tertiary/aromatic N) is 3. The first-order valence-corrected chi connectivity index (χ1v) is 9.47. The molecule has 0 unspecified atom stereocenters. The van der Waals surface area contributed by atoms with Crippen LogP contribution in [0.25, 0.3) is 0 Å². The molecule has 0 spiro atoms. The summed E-state index contributed by atoms with van der Waals surface area (Å²) in [6.45, 7) is 9.08. The van der Waals surface area contributed by atoms with Crippen LogP contribution in [-0.2, 0) is 23.1 Å². The molecule has 0 aliphatic carbocycles. The number of aromatic nitrogens is 2. The Bertz CT molecular complexity index is 593. The third-order valence-electron chi connectivity index (χ3n) is 5.06. The van der Waals surface area contributed by atoms with Crippen LogP contribution in [0.3, 0.4) is 0 Å². The molecule has 1 aromatic rings. The molecule has 2 saturated heterocycles. The lowest BCUT2D eigenvalue weighted by atomic mass is 10.0. The van der Waals surface area contributed by atoms with Crippen LogP contribution >= 0.6 is 0 Å². The van der Waals surface area contributed by atoms with Crippen molar-refractivity contribution in [2.24, 2.45) is 7.05 Å². The summed E-state index contributed by atoms with van der Waals surface area (Å²) in [6, 6.07) is -0.111. The van der Waals surface area contributed by atoms with Crippen LogP contribution < -0.4 is 15.5 Å². The maximum atomic E-state index is 12.2. The third kappa shape index (κ3) is 4.15. The van der Waals surface area contributed by atoms with Gasteiger partial charge in [-0.1, -0.05) is 13.8 Å². The summed E-state index contributed by atoms with van der Waals surface area (Å²) in [5.41, 5.74) is 2.34. The van der Waals surface area contributed by atoms with Crippen LogP contribution in [0.5, 0.6) is 0 Å². The zero-order valence-electron chi connectivity index (χ0n) is 15.7. The molecule has 1 amide bonds. The smallest absolute Gasteiger partial charge is 0.237 e. The number of morpholine rings is 1. The van der Waals surface area contributed by atoms with E-state index in [0.717, 1.165) is 63.6 Å². The van der Waals surface area contributed by atoms with E-state index in [1.807, 2.05) is 11.7 Å². The lowest BCUT2D eigenvalue weighted by molar-refractivity contribution is -0.122. The molecule has 0 radical (unpaired) electrons. The molecular weight excluding hydrogens is 318 g/mol. The summed E-state index contributed by atoms with van der Waals surface area (Å²) < 4.78 is 7.49. The van der Waals surface area contributed by atoms with E-state index in [2.05, 4.69) is 29.4 Å². The summed E-state index contributed by atoms with van der Waals surface area (Å²) in [4.78, 5) is 14.6. The van der Waals surface area contributed by atoms with Gasteiger partial charge in [-0.05, 0) is 25.2 Å². The number of hydrogen-bond donors (Lipinski definition) is 2. The molecule has 2 fully saturated rings. The molecule has 140 valence electrons. The van der Waals surface area contributed by atoms with Crippen LogP contribution in [0.4, 0.5) is 5.82 Å². The Morgan fingerprint density at radius 2 is 2.08 bits per heavy atom. The number of aryl methyl sites for hydroxylation is 1. The quantitative estimate of drug-likeness (QED) is 0.834. The van der Waals surface area contributed by atoms with Crippen molar-refractivity contribution in [3.63, 3.8) is 0 Å². The Hall–Kier alpha value is -1.60. The van der Waals surface area contributed by atoms with Crippen molar-refractivity contribution in [3.05, 3.63) is 11.3 Å². The van der Waals surface area contributed by atoms with Gasteiger partial charge in [-0.15, -0.1) is 0 Å². The van der Waals surface area contributed by atoms with Crippen molar-refractivity contribution >= 4 is 11.7 Å². The summed E-state index contributed by atoms with van der Waals surface area (Å²) in [7, 11) is 2.01. The molecule has 1 aromatic heterocycles. The van der Waals surface area contributed by atoms with Crippen molar-refractivity contribution < 1.29 is 9.53 Å². The first kappa shape index (κ1) is 18.2. The number of hydrogen-bond acceptors (Lipinski definition) is 5. The molecule has 0 bridgehead atoms. The molecule has 2 aliphatic rings. The first-order chi connectivity index (χ1) is 12.1. The van der Waals surface area contributed by atoms with E-state index in [0.29, 0.717) is 12.5 Å². The van der Waals surface area contributed by atoms with E-state index < -0.39 is 0 Å². The van der Waals surface area contributed by atoms with Gasteiger partial charge in [0.25, 0.3) is 0 Å². The molecule has 7 nitrogen and oxygen atoms in total. The Balaban J connectivity index is 1.81. The molecule has 3 heterocycles. The Morgan fingerprint density at radius 1 is 1.32 bits per heavy atom. The predicted octanol–water partition coefficient (Wildman–Crippen LogP) is 1.14. The van der Waals surface area contributed by atoms with E-state index in [4.69, 9.17) is 9.84 Å². The van der Waals surface area contributed by atoms with Gasteiger partial charge in [-0.25, -0.2) is 0 Å². The van der Waals surface area contributed by atoms with Gasteiger partial charge in [0.1, 0.15) is 5.82 Å². The molecule has 2 aliphatic heterocycles. The number of carbonyl (C=O) groups is 1. The fourth-order valence-corrected chi connectivity index (χ4v) is 3.74. The SMILES string of the molecule is CC(C)c1nn(C)c(N2CCOCC2)c1CN[C@H]1CCCCNC1=O. The first-order valence-electron chi connectivity index (χ1n) is 9.47. The number of anilines is 1. The molecule has 7 heteroatoms. The highest BCUT2D eigenvalue weighted by atomic mass is 16.5. The Labute approximate surface area is 150 Å². The summed E-state index contributed by atoms with van der Waals surface area (Å²) >= 11 is 0. The van der Waals surface area contributed by atoms with E-state index in [9.17, 15) is 4.79 Å². The average molecular weight is 349 g/mol. The number of ether oxygens (including phenoxy) is 1. The van der Waals surface area contributed by atoms with E-state index in [-0.39, 0.29) is 11.9 Å². The topological polar surface area (TPSA) is 71.4 Å². The highest BCUT2D eigenvalue weighted by Gasteiger charge is 2.26. The van der Waals surface area contributed by atoms with Crippen molar-refractivity contribution in [1.82, 2.24) is 20.4 Å². The van der Waals surface area contributed by atoms with Crippen LogP contribution in [0.2, 0.25) is 0 Å². The van der Waals surface area contributed by atoms with E-state index in [1.54, 1.807) is 0 Å². The van der Waals surface area contributed by atoms with Gasteiger partial charge in [0.2, 0.25) is 5.91 Å². The summed E-state index contributed by atoms with van der Waals surface area (Å²) in [5.74, 6) is 1.63. The Morgan fingerprint density at radius 3 is 2.80 bits per heavy atom. The maximum absolute atomic E-state index is 12.2. The fraction of sp³-hybridized carbons (Fsp3) is 0.778.